The van der Waals surface area contributed by atoms with E-state index in [2.05, 4.69) is 43.8 Å². The van der Waals surface area contributed by atoms with Crippen LogP contribution >= 0.6 is 50.3 Å². The molecule has 0 atom stereocenters. The Hall–Kier alpha value is -2.05. The molecule has 3 amide bonds. The van der Waals surface area contributed by atoms with Gasteiger partial charge < -0.3 is 14.8 Å². The van der Waals surface area contributed by atoms with Gasteiger partial charge in [-0.3, -0.25) is 19.3 Å². The highest BCUT2D eigenvalue weighted by Gasteiger charge is 2.36. The minimum atomic E-state index is -0.511. The number of imide groups is 1. The van der Waals surface area contributed by atoms with Crippen LogP contribution in [0.5, 0.6) is 11.5 Å². The van der Waals surface area contributed by atoms with Crippen LogP contribution in [0.25, 0.3) is 6.08 Å². The number of thioether (sulfide) groups is 1. The lowest BCUT2D eigenvalue weighted by Crippen LogP contribution is -2.36. The van der Waals surface area contributed by atoms with Gasteiger partial charge in [-0.1, -0.05) is 6.92 Å². The Morgan fingerprint density at radius 1 is 1.18 bits per heavy atom. The molecule has 174 valence electrons. The van der Waals surface area contributed by atoms with Gasteiger partial charge in [-0.05, 0) is 112 Å². The SMILES string of the molecule is CCCOc1c(Br)cc(/C=C2\SC(=O)N(CC(=O)Nc3ccc(I)cc3)C2=O)cc1OCC. The van der Waals surface area contributed by atoms with Crippen molar-refractivity contribution in [2.24, 2.45) is 0 Å². The minimum absolute atomic E-state index is 0.235. The van der Waals surface area contributed by atoms with E-state index in [9.17, 15) is 14.4 Å². The molecule has 7 nitrogen and oxygen atoms in total. The zero-order valence-electron chi connectivity index (χ0n) is 18.0. The van der Waals surface area contributed by atoms with Crippen molar-refractivity contribution >= 4 is 79.1 Å². The molecule has 0 aliphatic carbocycles. The Bertz CT molecular complexity index is 1090. The standard InChI is InChI=1S/C23H22BrIN2O5S/c1-3-9-32-21-17(24)10-14(11-18(21)31-4-2)12-19-22(29)27(23(30)33-19)13-20(28)26-16-7-5-15(25)6-8-16/h5-8,10-12H,3-4,9,13H2,1-2H3,(H,26,28)/b19-12-. The maximum absolute atomic E-state index is 12.8. The molecule has 3 rings (SSSR count). The van der Waals surface area contributed by atoms with E-state index in [0.29, 0.717) is 40.4 Å². The summed E-state index contributed by atoms with van der Waals surface area (Å²) < 4.78 is 13.2. The first kappa shape index (κ1) is 25.6. The number of anilines is 1. The third kappa shape index (κ3) is 6.73. The van der Waals surface area contributed by atoms with Crippen LogP contribution in [0.15, 0.2) is 45.8 Å². The summed E-state index contributed by atoms with van der Waals surface area (Å²) in [4.78, 5) is 38.8. The van der Waals surface area contributed by atoms with Crippen molar-refractivity contribution in [3.05, 3.63) is 54.9 Å². The fourth-order valence-electron chi connectivity index (χ4n) is 2.94. The molecule has 33 heavy (non-hydrogen) atoms. The molecule has 1 N–H and O–H groups in total. The lowest BCUT2D eigenvalue weighted by Gasteiger charge is -2.14. The van der Waals surface area contributed by atoms with E-state index in [4.69, 9.17) is 9.47 Å². The normalized spacial score (nSPS) is 14.7. The van der Waals surface area contributed by atoms with E-state index >= 15 is 0 Å². The topological polar surface area (TPSA) is 84.9 Å². The van der Waals surface area contributed by atoms with Gasteiger partial charge in [0.15, 0.2) is 11.5 Å². The third-order valence-corrected chi connectivity index (χ3v) is 6.60. The summed E-state index contributed by atoms with van der Waals surface area (Å²) in [6, 6.07) is 10.8. The number of nitrogens with one attached hydrogen (secondary N) is 1. The van der Waals surface area contributed by atoms with E-state index in [0.717, 1.165) is 26.7 Å². The van der Waals surface area contributed by atoms with Gasteiger partial charge in [0.2, 0.25) is 5.91 Å². The average Bonchev–Trinajstić information content (AvgIpc) is 3.02. The van der Waals surface area contributed by atoms with Gasteiger partial charge in [0, 0.05) is 9.26 Å². The number of benzene rings is 2. The average molecular weight is 645 g/mol. The maximum Gasteiger partial charge on any atom is 0.294 e. The molecule has 1 fully saturated rings. The number of hydrogen-bond donors (Lipinski definition) is 1. The molecule has 0 radical (unpaired) electrons. The molecule has 0 spiro atoms. The maximum atomic E-state index is 12.8. The van der Waals surface area contributed by atoms with Crippen molar-refractivity contribution in [1.29, 1.82) is 0 Å². The molecule has 2 aromatic rings. The molecule has 1 saturated heterocycles. The summed E-state index contributed by atoms with van der Waals surface area (Å²) in [5.74, 6) is 0.181. The largest absolute Gasteiger partial charge is 0.490 e. The molecule has 0 bridgehead atoms. The lowest BCUT2D eigenvalue weighted by molar-refractivity contribution is -0.127. The van der Waals surface area contributed by atoms with E-state index < -0.39 is 17.1 Å². The molecule has 0 aromatic heterocycles. The van der Waals surface area contributed by atoms with E-state index in [1.165, 1.54) is 0 Å². The second-order valence-electron chi connectivity index (χ2n) is 6.93. The molecule has 10 heteroatoms. The highest BCUT2D eigenvalue weighted by molar-refractivity contribution is 14.1. The number of carbonyl (C=O) groups is 3. The van der Waals surface area contributed by atoms with E-state index in [1.807, 2.05) is 26.0 Å². The van der Waals surface area contributed by atoms with Crippen LogP contribution in [0, 0.1) is 3.57 Å². The number of hydrogen-bond acceptors (Lipinski definition) is 6. The number of ether oxygens (including phenoxy) is 2. The lowest BCUT2D eigenvalue weighted by atomic mass is 10.2. The number of amides is 3. The fraction of sp³-hybridized carbons (Fsp3) is 0.261. The summed E-state index contributed by atoms with van der Waals surface area (Å²) in [6.45, 7) is 4.52. The van der Waals surface area contributed by atoms with Gasteiger partial charge in [-0.15, -0.1) is 0 Å². The van der Waals surface area contributed by atoms with Gasteiger partial charge in [0.25, 0.3) is 11.1 Å². The Morgan fingerprint density at radius 2 is 1.91 bits per heavy atom. The van der Waals surface area contributed by atoms with Gasteiger partial charge in [0.05, 0.1) is 22.6 Å². The molecule has 1 heterocycles. The summed E-state index contributed by atoms with van der Waals surface area (Å²) in [5.41, 5.74) is 1.27. The van der Waals surface area contributed by atoms with E-state index in [1.54, 1.807) is 30.3 Å². The summed E-state index contributed by atoms with van der Waals surface area (Å²) in [7, 11) is 0. The van der Waals surface area contributed by atoms with Crippen molar-refractivity contribution in [1.82, 2.24) is 4.90 Å². The monoisotopic (exact) mass is 644 g/mol. The van der Waals surface area contributed by atoms with Crippen molar-refractivity contribution in [3.63, 3.8) is 0 Å². The zero-order valence-corrected chi connectivity index (χ0v) is 22.6. The first-order chi connectivity index (χ1) is 15.8. The quantitative estimate of drug-likeness (QED) is 0.270. The number of rotatable bonds is 9. The van der Waals surface area contributed by atoms with Crippen molar-refractivity contribution in [3.8, 4) is 11.5 Å². The second kappa shape index (κ2) is 11.9. The predicted molar refractivity (Wildman–Crippen MR) is 142 cm³/mol. The van der Waals surface area contributed by atoms with Gasteiger partial charge in [-0.25, -0.2) is 0 Å². The molecular formula is C23H22BrIN2O5S. The van der Waals surface area contributed by atoms with Crippen LogP contribution < -0.4 is 14.8 Å². The molecular weight excluding hydrogens is 623 g/mol. The molecule has 1 aliphatic heterocycles. The molecule has 0 saturated carbocycles. The van der Waals surface area contributed by atoms with Crippen LogP contribution in [-0.4, -0.2) is 41.7 Å². The first-order valence-corrected chi connectivity index (χ1v) is 12.9. The highest BCUT2D eigenvalue weighted by atomic mass is 127. The number of carbonyl (C=O) groups excluding carboxylic acids is 3. The first-order valence-electron chi connectivity index (χ1n) is 10.2. The fourth-order valence-corrected chi connectivity index (χ4v) is 4.72. The van der Waals surface area contributed by atoms with Gasteiger partial charge in [-0.2, -0.15) is 0 Å². The predicted octanol–water partition coefficient (Wildman–Crippen LogP) is 5.92. The Labute approximate surface area is 218 Å². The van der Waals surface area contributed by atoms with Crippen LogP contribution in [-0.2, 0) is 9.59 Å². The van der Waals surface area contributed by atoms with Crippen molar-refractivity contribution < 1.29 is 23.9 Å². The van der Waals surface area contributed by atoms with Crippen molar-refractivity contribution in [2.45, 2.75) is 20.3 Å². The van der Waals surface area contributed by atoms with Crippen LogP contribution in [0.1, 0.15) is 25.8 Å². The summed E-state index contributed by atoms with van der Waals surface area (Å²) in [5, 5.41) is 2.21. The van der Waals surface area contributed by atoms with Crippen molar-refractivity contribution in [2.75, 3.05) is 25.1 Å². The Kier molecular flexibility index (Phi) is 9.21. The number of halogens is 2. The minimum Gasteiger partial charge on any atom is -0.490 e. The second-order valence-corrected chi connectivity index (χ2v) is 10.0. The Morgan fingerprint density at radius 3 is 2.58 bits per heavy atom. The van der Waals surface area contributed by atoms with Crippen LogP contribution in [0.3, 0.4) is 0 Å². The molecule has 2 aromatic carbocycles. The smallest absolute Gasteiger partial charge is 0.294 e. The molecule has 0 unspecified atom stereocenters. The summed E-state index contributed by atoms with van der Waals surface area (Å²) in [6.07, 6.45) is 2.46. The van der Waals surface area contributed by atoms with Gasteiger partial charge in [0.1, 0.15) is 6.54 Å². The summed E-state index contributed by atoms with van der Waals surface area (Å²) >= 11 is 6.46. The van der Waals surface area contributed by atoms with E-state index in [-0.39, 0.29) is 11.4 Å². The van der Waals surface area contributed by atoms with Crippen LogP contribution in [0.2, 0.25) is 0 Å². The molecule has 1 aliphatic rings. The third-order valence-electron chi connectivity index (χ3n) is 4.38. The van der Waals surface area contributed by atoms with Crippen LogP contribution in [0.4, 0.5) is 10.5 Å². The zero-order chi connectivity index (χ0) is 24.0. The Balaban J connectivity index is 1.75. The van der Waals surface area contributed by atoms with Gasteiger partial charge >= 0.3 is 0 Å². The number of nitrogens with zero attached hydrogens (tertiary/aromatic N) is 1. The highest BCUT2D eigenvalue weighted by Crippen LogP contribution is 2.39.